The van der Waals surface area contributed by atoms with Gasteiger partial charge >= 0.3 is 0 Å². The van der Waals surface area contributed by atoms with Crippen LogP contribution in [-0.4, -0.2) is 31.2 Å². The van der Waals surface area contributed by atoms with Gasteiger partial charge in [0.15, 0.2) is 9.84 Å². The van der Waals surface area contributed by atoms with Gasteiger partial charge < -0.3 is 5.32 Å². The van der Waals surface area contributed by atoms with Crippen molar-refractivity contribution in [2.45, 2.75) is 54.8 Å². The maximum absolute atomic E-state index is 12.2. The Hall–Kier alpha value is -0.520. The first kappa shape index (κ1) is 15.4. The summed E-state index contributed by atoms with van der Waals surface area (Å²) in [5, 5.41) is 4.50. The molecule has 21 heavy (non-hydrogen) atoms. The molecule has 1 saturated carbocycles. The van der Waals surface area contributed by atoms with Crippen molar-refractivity contribution >= 4 is 21.6 Å². The number of hydrogen-bond acceptors (Lipinski definition) is 4. The van der Waals surface area contributed by atoms with Crippen LogP contribution in [0.15, 0.2) is 29.2 Å². The molecule has 3 rings (SSSR count). The molecule has 0 bridgehead atoms. The fourth-order valence-corrected chi connectivity index (χ4v) is 6.29. The van der Waals surface area contributed by atoms with Crippen LogP contribution in [0.5, 0.6) is 0 Å². The van der Waals surface area contributed by atoms with Crippen molar-refractivity contribution in [1.82, 2.24) is 5.32 Å². The molecule has 1 fully saturated rings. The Morgan fingerprint density at radius 1 is 1.24 bits per heavy atom. The molecule has 1 heterocycles. The number of rotatable bonds is 4. The third-order valence-corrected chi connectivity index (χ3v) is 7.58. The summed E-state index contributed by atoms with van der Waals surface area (Å²) in [5.74, 6) is 1.45. The number of benzene rings is 1. The summed E-state index contributed by atoms with van der Waals surface area (Å²) < 4.78 is 24.3. The lowest BCUT2D eigenvalue weighted by Gasteiger charge is -2.29. The molecule has 1 aromatic rings. The molecule has 0 spiro atoms. The SMILES string of the molecule is CCSC1CCC(NC2CCS(=O)(=O)c3ccccc32)C1. The third kappa shape index (κ3) is 3.30. The van der Waals surface area contributed by atoms with Gasteiger partial charge in [0.05, 0.1) is 10.6 Å². The molecule has 1 aliphatic heterocycles. The maximum Gasteiger partial charge on any atom is 0.178 e. The molecule has 5 heteroatoms. The van der Waals surface area contributed by atoms with Gasteiger partial charge in [0.2, 0.25) is 0 Å². The zero-order valence-electron chi connectivity index (χ0n) is 12.4. The first-order valence-corrected chi connectivity index (χ1v) is 10.5. The number of sulfone groups is 1. The Morgan fingerprint density at radius 2 is 2.05 bits per heavy atom. The van der Waals surface area contributed by atoms with Crippen LogP contribution >= 0.6 is 11.8 Å². The van der Waals surface area contributed by atoms with Crippen molar-refractivity contribution in [1.29, 1.82) is 0 Å². The second-order valence-electron chi connectivity index (χ2n) is 5.95. The molecule has 3 nitrogen and oxygen atoms in total. The molecule has 0 radical (unpaired) electrons. The van der Waals surface area contributed by atoms with E-state index in [1.165, 1.54) is 25.0 Å². The molecule has 3 unspecified atom stereocenters. The van der Waals surface area contributed by atoms with Crippen LogP contribution < -0.4 is 5.32 Å². The lowest BCUT2D eigenvalue weighted by atomic mass is 10.0. The van der Waals surface area contributed by atoms with Gasteiger partial charge in [-0.25, -0.2) is 8.42 Å². The van der Waals surface area contributed by atoms with Crippen LogP contribution in [0.1, 0.15) is 44.2 Å². The van der Waals surface area contributed by atoms with Gasteiger partial charge in [0, 0.05) is 17.3 Å². The Morgan fingerprint density at radius 3 is 2.86 bits per heavy atom. The van der Waals surface area contributed by atoms with Gasteiger partial charge in [-0.1, -0.05) is 25.1 Å². The fourth-order valence-electron chi connectivity index (χ4n) is 3.53. The minimum absolute atomic E-state index is 0.195. The summed E-state index contributed by atoms with van der Waals surface area (Å²) in [6.45, 7) is 2.22. The van der Waals surface area contributed by atoms with Crippen LogP contribution in [0.4, 0.5) is 0 Å². The molecular weight excluding hydrogens is 302 g/mol. The highest BCUT2D eigenvalue weighted by Gasteiger charge is 2.33. The van der Waals surface area contributed by atoms with Gasteiger partial charge in [0.25, 0.3) is 0 Å². The Labute approximate surface area is 131 Å². The van der Waals surface area contributed by atoms with E-state index in [9.17, 15) is 8.42 Å². The van der Waals surface area contributed by atoms with Crippen LogP contribution in [0.2, 0.25) is 0 Å². The molecule has 1 aliphatic carbocycles. The Balaban J connectivity index is 1.73. The van der Waals surface area contributed by atoms with E-state index in [1.807, 2.05) is 18.2 Å². The largest absolute Gasteiger partial charge is 0.307 e. The Kier molecular flexibility index (Phi) is 4.62. The second kappa shape index (κ2) is 6.31. The van der Waals surface area contributed by atoms with Crippen LogP contribution in [-0.2, 0) is 9.84 Å². The summed E-state index contributed by atoms with van der Waals surface area (Å²) in [7, 11) is -3.07. The summed E-state index contributed by atoms with van der Waals surface area (Å²) in [5.41, 5.74) is 0.968. The van der Waals surface area contributed by atoms with E-state index in [1.54, 1.807) is 6.07 Å². The van der Waals surface area contributed by atoms with Gasteiger partial charge in [-0.2, -0.15) is 11.8 Å². The van der Waals surface area contributed by atoms with E-state index >= 15 is 0 Å². The maximum atomic E-state index is 12.2. The summed E-state index contributed by atoms with van der Waals surface area (Å²) in [4.78, 5) is 0.534. The van der Waals surface area contributed by atoms with Crippen molar-refractivity contribution < 1.29 is 8.42 Å². The molecule has 116 valence electrons. The van der Waals surface area contributed by atoms with Crippen LogP contribution in [0.25, 0.3) is 0 Å². The van der Waals surface area contributed by atoms with E-state index in [2.05, 4.69) is 24.0 Å². The van der Waals surface area contributed by atoms with Gasteiger partial charge in [-0.3, -0.25) is 0 Å². The molecule has 1 aromatic carbocycles. The lowest BCUT2D eigenvalue weighted by Crippen LogP contribution is -2.35. The molecule has 3 atom stereocenters. The fraction of sp³-hybridized carbons (Fsp3) is 0.625. The molecule has 2 aliphatic rings. The van der Waals surface area contributed by atoms with E-state index in [4.69, 9.17) is 0 Å². The average Bonchev–Trinajstić information content (AvgIpc) is 2.90. The van der Waals surface area contributed by atoms with Crippen LogP contribution in [0.3, 0.4) is 0 Å². The number of hydrogen-bond donors (Lipinski definition) is 1. The van der Waals surface area contributed by atoms with Gasteiger partial charge in [-0.15, -0.1) is 0 Å². The summed E-state index contributed by atoms with van der Waals surface area (Å²) in [6, 6.07) is 8.22. The van der Waals surface area contributed by atoms with Crippen molar-refractivity contribution in [2.75, 3.05) is 11.5 Å². The number of thioether (sulfide) groups is 1. The minimum atomic E-state index is -3.07. The monoisotopic (exact) mass is 325 g/mol. The predicted molar refractivity (Wildman–Crippen MR) is 88.5 cm³/mol. The first-order valence-electron chi connectivity index (χ1n) is 7.79. The van der Waals surface area contributed by atoms with Gasteiger partial charge in [0.1, 0.15) is 0 Å². The highest BCUT2D eigenvalue weighted by Crippen LogP contribution is 2.35. The normalized spacial score (nSPS) is 31.0. The quantitative estimate of drug-likeness (QED) is 0.923. The lowest BCUT2D eigenvalue weighted by molar-refractivity contribution is 0.419. The zero-order chi connectivity index (χ0) is 14.9. The van der Waals surface area contributed by atoms with Crippen LogP contribution in [0, 0.1) is 0 Å². The zero-order valence-corrected chi connectivity index (χ0v) is 14.1. The van der Waals surface area contributed by atoms with E-state index in [0.717, 1.165) is 10.8 Å². The highest BCUT2D eigenvalue weighted by molar-refractivity contribution is 7.99. The van der Waals surface area contributed by atoms with E-state index in [0.29, 0.717) is 17.4 Å². The third-order valence-electron chi connectivity index (χ3n) is 4.53. The standard InChI is InChI=1S/C16H23NO2S2/c1-2-20-13-8-7-12(11-13)17-15-9-10-21(18,19)16-6-4-3-5-14(15)16/h3-6,12-13,15,17H,2,7-11H2,1H3. The molecule has 1 N–H and O–H groups in total. The van der Waals surface area contributed by atoms with Crippen molar-refractivity contribution in [3.8, 4) is 0 Å². The molecular formula is C16H23NO2S2. The molecule has 0 aromatic heterocycles. The predicted octanol–water partition coefficient (Wildman–Crippen LogP) is 3.17. The van der Waals surface area contributed by atoms with E-state index < -0.39 is 9.84 Å². The highest BCUT2D eigenvalue weighted by atomic mass is 32.2. The second-order valence-corrected chi connectivity index (χ2v) is 9.61. The topological polar surface area (TPSA) is 46.2 Å². The smallest absolute Gasteiger partial charge is 0.178 e. The summed E-state index contributed by atoms with van der Waals surface area (Å²) >= 11 is 2.05. The number of fused-ring (bicyclic) bond motifs is 1. The number of nitrogens with one attached hydrogen (secondary N) is 1. The van der Waals surface area contributed by atoms with Crippen molar-refractivity contribution in [3.05, 3.63) is 29.8 Å². The first-order chi connectivity index (χ1) is 10.1. The minimum Gasteiger partial charge on any atom is -0.307 e. The van der Waals surface area contributed by atoms with Crippen molar-refractivity contribution in [3.63, 3.8) is 0 Å². The summed E-state index contributed by atoms with van der Waals surface area (Å²) in [6.07, 6.45) is 4.40. The Bertz CT molecular complexity index is 600. The van der Waals surface area contributed by atoms with Gasteiger partial charge in [-0.05, 0) is 43.1 Å². The van der Waals surface area contributed by atoms with E-state index in [-0.39, 0.29) is 11.8 Å². The average molecular weight is 325 g/mol. The molecule has 0 amide bonds. The molecule has 0 saturated heterocycles. The van der Waals surface area contributed by atoms with Crippen molar-refractivity contribution in [2.24, 2.45) is 0 Å².